The van der Waals surface area contributed by atoms with Crippen LogP contribution in [0.2, 0.25) is 0 Å². The first kappa shape index (κ1) is 21.1. The van der Waals surface area contributed by atoms with Crippen LogP contribution in [-0.4, -0.2) is 32.4 Å². The zero-order chi connectivity index (χ0) is 20.4. The molecule has 148 valence electrons. The van der Waals surface area contributed by atoms with E-state index in [1.165, 1.54) is 13.1 Å². The molecule has 0 amide bonds. The highest BCUT2D eigenvalue weighted by molar-refractivity contribution is 7.30. The molecule has 3 N–H and O–H groups in total. The van der Waals surface area contributed by atoms with E-state index in [1.807, 2.05) is 0 Å². The second kappa shape index (κ2) is 8.20. The fourth-order valence-electron chi connectivity index (χ4n) is 3.02. The molecular weight excluding hydrogens is 390 g/mol. The van der Waals surface area contributed by atoms with Crippen molar-refractivity contribution in [3.8, 4) is 0 Å². The van der Waals surface area contributed by atoms with E-state index in [4.69, 9.17) is 14.4 Å². The summed E-state index contributed by atoms with van der Waals surface area (Å²) in [7, 11) is -1.49. The molecule has 1 fully saturated rings. The number of hydrogen-bond acceptors (Lipinski definition) is 4. The van der Waals surface area contributed by atoms with Crippen molar-refractivity contribution in [2.45, 2.75) is 25.4 Å². The highest BCUT2D eigenvalue weighted by atomic mass is 31.1. The number of nitrogens with one attached hydrogen (secondary N) is 1. The maximum Gasteiger partial charge on any atom is 0.692 e. The molecule has 2 aromatic rings. The number of aromatic nitrogens is 2. The van der Waals surface area contributed by atoms with Crippen molar-refractivity contribution in [2.75, 3.05) is 18.0 Å². The van der Waals surface area contributed by atoms with Crippen molar-refractivity contribution in [1.82, 2.24) is 9.55 Å². The van der Waals surface area contributed by atoms with Crippen molar-refractivity contribution >= 4 is 25.0 Å². The first-order valence-electron chi connectivity index (χ1n) is 7.96. The van der Waals surface area contributed by atoms with Crippen LogP contribution in [0, 0.1) is 0 Å². The third kappa shape index (κ3) is 4.94. The third-order valence-electron chi connectivity index (χ3n) is 4.22. The van der Waals surface area contributed by atoms with Gasteiger partial charge in [-0.1, -0.05) is 0 Å². The van der Waals surface area contributed by atoms with E-state index in [-0.39, 0.29) is 16.7 Å². The summed E-state index contributed by atoms with van der Waals surface area (Å²) >= 11 is 0. The second-order valence-corrected chi connectivity index (χ2v) is 6.51. The van der Waals surface area contributed by atoms with Crippen LogP contribution in [0.15, 0.2) is 21.7 Å². The highest BCUT2D eigenvalue weighted by Crippen LogP contribution is 2.39. The Morgan fingerprint density at radius 1 is 1.11 bits per heavy atom. The van der Waals surface area contributed by atoms with Gasteiger partial charge >= 0.3 is 25.5 Å². The Morgan fingerprint density at radius 3 is 2.19 bits per heavy atom. The molecule has 0 aliphatic carbocycles. The summed E-state index contributed by atoms with van der Waals surface area (Å²) in [5, 5.41) is 0. The Morgan fingerprint density at radius 2 is 1.67 bits per heavy atom. The number of nitrogens with zero attached hydrogens (tertiary/aromatic N) is 2. The van der Waals surface area contributed by atoms with Crippen molar-refractivity contribution in [2.24, 2.45) is 7.05 Å². The molecule has 0 saturated carbocycles. The van der Waals surface area contributed by atoms with Gasteiger partial charge in [0.2, 0.25) is 0 Å². The Kier molecular flexibility index (Phi) is 6.40. The SMILES string of the molecule is Cn1c(=O)c(=O)[nH]c2cc(C(F)(F)F)c(N3CCCCC3)cc21.O=[P+](O)O. The predicted molar refractivity (Wildman–Crippen MR) is 92.9 cm³/mol. The van der Waals surface area contributed by atoms with Crippen LogP contribution >= 0.6 is 8.25 Å². The molecule has 0 radical (unpaired) electrons. The summed E-state index contributed by atoms with van der Waals surface area (Å²) < 4.78 is 50.1. The zero-order valence-electron chi connectivity index (χ0n) is 14.3. The number of piperidine rings is 1. The van der Waals surface area contributed by atoms with Crippen LogP contribution in [0.25, 0.3) is 11.0 Å². The summed E-state index contributed by atoms with van der Waals surface area (Å²) in [6.45, 7) is 1.10. The van der Waals surface area contributed by atoms with Gasteiger partial charge in [0.05, 0.1) is 22.3 Å². The fraction of sp³-hybridized carbons (Fsp3) is 0.467. The number of aryl methyl sites for hydroxylation is 1. The van der Waals surface area contributed by atoms with Gasteiger partial charge < -0.3 is 14.5 Å². The molecule has 0 atom stereocenters. The van der Waals surface area contributed by atoms with Crippen LogP contribution in [0.4, 0.5) is 18.9 Å². The molecule has 0 unspecified atom stereocenters. The van der Waals surface area contributed by atoms with Gasteiger partial charge in [-0.25, -0.2) is 0 Å². The molecule has 3 rings (SSSR count). The van der Waals surface area contributed by atoms with E-state index in [0.29, 0.717) is 13.1 Å². The molecule has 27 heavy (non-hydrogen) atoms. The van der Waals surface area contributed by atoms with Gasteiger partial charge in [0, 0.05) is 24.7 Å². The Hall–Kier alpha value is -2.23. The highest BCUT2D eigenvalue weighted by Gasteiger charge is 2.36. The maximum absolute atomic E-state index is 13.4. The van der Waals surface area contributed by atoms with Gasteiger partial charge in [-0.3, -0.25) is 9.59 Å². The summed E-state index contributed by atoms with van der Waals surface area (Å²) in [6.07, 6.45) is -1.87. The lowest BCUT2D eigenvalue weighted by Gasteiger charge is -2.31. The van der Waals surface area contributed by atoms with Crippen LogP contribution in [0.3, 0.4) is 0 Å². The minimum Gasteiger partial charge on any atom is -0.371 e. The summed E-state index contributed by atoms with van der Waals surface area (Å²) in [5.74, 6) is 0. The minimum atomic E-state index is -4.54. The van der Waals surface area contributed by atoms with Crippen LogP contribution in [0.5, 0.6) is 0 Å². The number of halogens is 3. The first-order valence-corrected chi connectivity index (χ1v) is 9.13. The lowest BCUT2D eigenvalue weighted by molar-refractivity contribution is -0.137. The molecule has 8 nitrogen and oxygen atoms in total. The summed E-state index contributed by atoms with van der Waals surface area (Å²) in [5.41, 5.74) is -2.16. The normalized spacial score (nSPS) is 14.7. The van der Waals surface area contributed by atoms with Gasteiger partial charge in [0.1, 0.15) is 0 Å². The minimum absolute atomic E-state index is 0.00480. The Labute approximate surface area is 151 Å². The Bertz CT molecular complexity index is 960. The van der Waals surface area contributed by atoms with Gasteiger partial charge in [-0.05, 0) is 31.4 Å². The number of fused-ring (bicyclic) bond motifs is 1. The molecular formula is C15H18F3N3O5P+. The van der Waals surface area contributed by atoms with E-state index in [2.05, 4.69) is 4.98 Å². The zero-order valence-corrected chi connectivity index (χ0v) is 15.2. The number of hydrogen-bond donors (Lipinski definition) is 3. The third-order valence-corrected chi connectivity index (χ3v) is 4.22. The van der Waals surface area contributed by atoms with Gasteiger partial charge in [0.15, 0.2) is 0 Å². The van der Waals surface area contributed by atoms with E-state index in [0.717, 1.165) is 29.9 Å². The van der Waals surface area contributed by atoms with E-state index in [9.17, 15) is 22.8 Å². The smallest absolute Gasteiger partial charge is 0.371 e. The number of anilines is 1. The Balaban J connectivity index is 0.000000596. The molecule has 1 aromatic carbocycles. The number of H-pyrrole nitrogens is 1. The van der Waals surface area contributed by atoms with Gasteiger partial charge in [0.25, 0.3) is 0 Å². The number of alkyl halides is 3. The quantitative estimate of drug-likeness (QED) is 0.490. The standard InChI is InChI=1S/C15H16F3N3O2.HO3P/c1-20-12-8-11(21-5-3-2-4-6-21)9(15(16,17)18)7-10(12)19-13(22)14(20)23;1-4(2)3/h7-8H,2-6H2,1H3,(H,19,22);(H-,1,2,3)/p+1. The number of benzene rings is 1. The molecule has 1 aromatic heterocycles. The number of aromatic amines is 1. The predicted octanol–water partition coefficient (Wildman–Crippen LogP) is 1.86. The lowest BCUT2D eigenvalue weighted by atomic mass is 10.1. The monoisotopic (exact) mass is 408 g/mol. The van der Waals surface area contributed by atoms with Crippen LogP contribution in [-0.2, 0) is 17.8 Å². The molecule has 0 spiro atoms. The van der Waals surface area contributed by atoms with Crippen LogP contribution < -0.4 is 16.0 Å². The van der Waals surface area contributed by atoms with Gasteiger partial charge in [-0.15, -0.1) is 9.79 Å². The summed E-state index contributed by atoms with van der Waals surface area (Å²) in [4.78, 5) is 41.4. The second-order valence-electron chi connectivity index (χ2n) is 6.00. The van der Waals surface area contributed by atoms with Gasteiger partial charge in [-0.2, -0.15) is 13.2 Å². The maximum atomic E-state index is 13.4. The van der Waals surface area contributed by atoms with Crippen LogP contribution in [0.1, 0.15) is 24.8 Å². The molecule has 1 saturated heterocycles. The fourth-order valence-corrected chi connectivity index (χ4v) is 3.02. The van der Waals surface area contributed by atoms with Crippen molar-refractivity contribution in [3.63, 3.8) is 0 Å². The summed E-state index contributed by atoms with van der Waals surface area (Å²) in [6, 6.07) is 2.26. The average molecular weight is 408 g/mol. The van der Waals surface area contributed by atoms with E-state index < -0.39 is 31.1 Å². The van der Waals surface area contributed by atoms with E-state index in [1.54, 1.807) is 4.90 Å². The van der Waals surface area contributed by atoms with Crippen molar-refractivity contribution in [1.29, 1.82) is 0 Å². The molecule has 12 heteroatoms. The molecule has 0 bridgehead atoms. The lowest BCUT2D eigenvalue weighted by Crippen LogP contribution is -2.35. The molecule has 2 heterocycles. The molecule has 1 aliphatic rings. The van der Waals surface area contributed by atoms with Crippen molar-refractivity contribution < 1.29 is 27.5 Å². The number of rotatable bonds is 1. The largest absolute Gasteiger partial charge is 0.692 e. The first-order chi connectivity index (χ1) is 12.5. The topological polar surface area (TPSA) is 116 Å². The molecule has 1 aliphatic heterocycles. The average Bonchev–Trinajstić information content (AvgIpc) is 2.58. The van der Waals surface area contributed by atoms with Crippen molar-refractivity contribution in [3.05, 3.63) is 38.4 Å². The van der Waals surface area contributed by atoms with E-state index >= 15 is 0 Å².